The molecule has 0 fully saturated rings. The molecule has 8 heteroatoms. The van der Waals surface area contributed by atoms with Gasteiger partial charge in [0, 0.05) is 10.0 Å². The van der Waals surface area contributed by atoms with Gasteiger partial charge in [0.15, 0.2) is 5.13 Å². The number of hydrogen-bond donors (Lipinski definition) is 3. The number of thiazole rings is 1. The van der Waals surface area contributed by atoms with Gasteiger partial charge in [-0.2, -0.15) is 0 Å². The fraction of sp³-hybridized carbons (Fsp3) is 0. The Morgan fingerprint density at radius 3 is 2.65 bits per heavy atom. The van der Waals surface area contributed by atoms with E-state index >= 15 is 0 Å². The van der Waals surface area contributed by atoms with E-state index in [1.807, 2.05) is 30.3 Å². The third-order valence-electron chi connectivity index (χ3n) is 2.89. The van der Waals surface area contributed by atoms with Crippen molar-refractivity contribution in [3.8, 4) is 0 Å². The molecule has 0 aliphatic carbocycles. The van der Waals surface area contributed by atoms with Crippen LogP contribution in [0.5, 0.6) is 0 Å². The molecular formula is C15H11BrN4O2S. The molecule has 1 aromatic heterocycles. The van der Waals surface area contributed by atoms with E-state index in [9.17, 15) is 9.59 Å². The standard InChI is InChI=1S/C15H11BrN4O2S/c16-10-5-3-4-9(8-10)13(21)19-20-14(22)18-15-17-11-6-1-2-7-12(11)23-15/h1-8H,(H,19,21)(H2,17,18,20,22). The van der Waals surface area contributed by atoms with Crippen LogP contribution in [-0.2, 0) is 0 Å². The third-order valence-corrected chi connectivity index (χ3v) is 4.34. The summed E-state index contributed by atoms with van der Waals surface area (Å²) < 4.78 is 1.75. The molecule has 3 N–H and O–H groups in total. The Morgan fingerprint density at radius 2 is 1.87 bits per heavy atom. The van der Waals surface area contributed by atoms with E-state index in [4.69, 9.17) is 0 Å². The van der Waals surface area contributed by atoms with Crippen molar-refractivity contribution in [1.29, 1.82) is 0 Å². The number of nitrogens with zero attached hydrogens (tertiary/aromatic N) is 1. The predicted octanol–water partition coefficient (Wildman–Crippen LogP) is 3.53. The monoisotopic (exact) mass is 390 g/mol. The van der Waals surface area contributed by atoms with Gasteiger partial charge in [-0.3, -0.25) is 15.5 Å². The number of carbonyl (C=O) groups excluding carboxylic acids is 2. The topological polar surface area (TPSA) is 83.1 Å². The molecule has 23 heavy (non-hydrogen) atoms. The average molecular weight is 391 g/mol. The van der Waals surface area contributed by atoms with Crippen LogP contribution in [0.2, 0.25) is 0 Å². The SMILES string of the molecule is O=C(NNC(=O)c1cccc(Br)c1)Nc1nc2ccccc2s1. The van der Waals surface area contributed by atoms with Crippen LogP contribution >= 0.6 is 27.3 Å². The summed E-state index contributed by atoms with van der Waals surface area (Å²) >= 11 is 4.64. The number of nitrogens with one attached hydrogen (secondary N) is 3. The fourth-order valence-corrected chi connectivity index (χ4v) is 3.13. The van der Waals surface area contributed by atoms with E-state index in [0.717, 1.165) is 14.7 Å². The first-order chi connectivity index (χ1) is 11.1. The zero-order valence-electron chi connectivity index (χ0n) is 11.7. The number of carbonyl (C=O) groups is 2. The number of hydrazine groups is 1. The number of rotatable bonds is 2. The van der Waals surface area contributed by atoms with Crippen LogP contribution in [0, 0.1) is 0 Å². The molecule has 116 valence electrons. The molecule has 6 nitrogen and oxygen atoms in total. The first-order valence-corrected chi connectivity index (χ1v) is 8.21. The van der Waals surface area contributed by atoms with Crippen molar-refractivity contribution in [1.82, 2.24) is 15.8 Å². The molecule has 2 aromatic carbocycles. The zero-order chi connectivity index (χ0) is 16.2. The summed E-state index contributed by atoms with van der Waals surface area (Å²) in [7, 11) is 0. The molecule has 0 saturated heterocycles. The summed E-state index contributed by atoms with van der Waals surface area (Å²) in [4.78, 5) is 28.0. The first-order valence-electron chi connectivity index (χ1n) is 6.60. The maximum absolute atomic E-state index is 11.9. The average Bonchev–Trinajstić information content (AvgIpc) is 2.94. The van der Waals surface area contributed by atoms with Crippen molar-refractivity contribution >= 4 is 54.6 Å². The van der Waals surface area contributed by atoms with Crippen LogP contribution in [-0.4, -0.2) is 16.9 Å². The number of benzene rings is 2. The molecule has 3 amide bonds. The van der Waals surface area contributed by atoms with Gasteiger partial charge in [-0.25, -0.2) is 15.2 Å². The van der Waals surface area contributed by atoms with Crippen molar-refractivity contribution in [2.75, 3.05) is 5.32 Å². The minimum absolute atomic E-state index is 0.411. The Balaban J connectivity index is 1.58. The number of fused-ring (bicyclic) bond motifs is 1. The lowest BCUT2D eigenvalue weighted by atomic mass is 10.2. The van der Waals surface area contributed by atoms with Crippen LogP contribution in [0.1, 0.15) is 10.4 Å². The Labute approximate surface area is 144 Å². The summed E-state index contributed by atoms with van der Waals surface area (Å²) in [5.74, 6) is -0.411. The molecule has 0 spiro atoms. The van der Waals surface area contributed by atoms with Gasteiger partial charge in [0.2, 0.25) is 0 Å². The molecule has 0 bridgehead atoms. The smallest absolute Gasteiger partial charge is 0.282 e. The van der Waals surface area contributed by atoms with E-state index in [1.54, 1.807) is 18.2 Å². The number of amides is 3. The maximum atomic E-state index is 11.9. The van der Waals surface area contributed by atoms with Gasteiger partial charge in [0.05, 0.1) is 10.2 Å². The molecule has 0 atom stereocenters. The van der Waals surface area contributed by atoms with Gasteiger partial charge < -0.3 is 0 Å². The third kappa shape index (κ3) is 3.85. The van der Waals surface area contributed by atoms with Crippen LogP contribution in [0.4, 0.5) is 9.93 Å². The summed E-state index contributed by atoms with van der Waals surface area (Å²) in [6, 6.07) is 13.9. The lowest BCUT2D eigenvalue weighted by molar-refractivity contribution is 0.0938. The normalized spacial score (nSPS) is 10.3. The number of aromatic nitrogens is 1. The summed E-state index contributed by atoms with van der Waals surface area (Å²) in [6.45, 7) is 0. The molecule has 0 radical (unpaired) electrons. The highest BCUT2D eigenvalue weighted by molar-refractivity contribution is 9.10. The molecule has 1 heterocycles. The predicted molar refractivity (Wildman–Crippen MR) is 93.4 cm³/mol. The fourth-order valence-electron chi connectivity index (χ4n) is 1.87. The number of anilines is 1. The number of para-hydroxylation sites is 1. The Kier molecular flexibility index (Phi) is 4.54. The van der Waals surface area contributed by atoms with Crippen molar-refractivity contribution in [2.45, 2.75) is 0 Å². The molecular weight excluding hydrogens is 380 g/mol. The van der Waals surface area contributed by atoms with Gasteiger partial charge in [0.1, 0.15) is 0 Å². The van der Waals surface area contributed by atoms with E-state index in [2.05, 4.69) is 37.1 Å². The van der Waals surface area contributed by atoms with Gasteiger partial charge in [-0.05, 0) is 30.3 Å². The van der Waals surface area contributed by atoms with E-state index < -0.39 is 11.9 Å². The van der Waals surface area contributed by atoms with Gasteiger partial charge >= 0.3 is 6.03 Å². The summed E-state index contributed by atoms with van der Waals surface area (Å²) in [5, 5.41) is 3.04. The Bertz CT molecular complexity index is 848. The molecule has 0 aliphatic heterocycles. The zero-order valence-corrected chi connectivity index (χ0v) is 14.1. The Morgan fingerprint density at radius 1 is 1.04 bits per heavy atom. The van der Waals surface area contributed by atoms with E-state index in [-0.39, 0.29) is 0 Å². The Hall–Kier alpha value is -2.45. The van der Waals surface area contributed by atoms with E-state index in [0.29, 0.717) is 10.7 Å². The van der Waals surface area contributed by atoms with Crippen molar-refractivity contribution < 1.29 is 9.59 Å². The summed E-state index contributed by atoms with van der Waals surface area (Å²) in [6.07, 6.45) is 0. The van der Waals surface area contributed by atoms with Crippen molar-refractivity contribution in [2.24, 2.45) is 0 Å². The lowest BCUT2D eigenvalue weighted by Crippen LogP contribution is -2.43. The van der Waals surface area contributed by atoms with E-state index in [1.165, 1.54) is 11.3 Å². The minimum atomic E-state index is -0.563. The highest BCUT2D eigenvalue weighted by Gasteiger charge is 2.09. The second kappa shape index (κ2) is 6.76. The van der Waals surface area contributed by atoms with Gasteiger partial charge in [0.25, 0.3) is 5.91 Å². The van der Waals surface area contributed by atoms with Gasteiger partial charge in [-0.15, -0.1) is 0 Å². The highest BCUT2D eigenvalue weighted by atomic mass is 79.9. The highest BCUT2D eigenvalue weighted by Crippen LogP contribution is 2.25. The second-order valence-corrected chi connectivity index (χ2v) is 6.48. The van der Waals surface area contributed by atoms with Crippen molar-refractivity contribution in [3.05, 3.63) is 58.6 Å². The lowest BCUT2D eigenvalue weighted by Gasteiger charge is -2.07. The summed E-state index contributed by atoms with van der Waals surface area (Å²) in [5.41, 5.74) is 5.87. The van der Waals surface area contributed by atoms with Crippen LogP contribution in [0.25, 0.3) is 10.2 Å². The molecule has 0 unspecified atom stereocenters. The maximum Gasteiger partial charge on any atom is 0.339 e. The van der Waals surface area contributed by atoms with Crippen LogP contribution in [0.3, 0.4) is 0 Å². The quantitative estimate of drug-likeness (QED) is 0.585. The van der Waals surface area contributed by atoms with Gasteiger partial charge in [-0.1, -0.05) is 45.5 Å². The molecule has 0 aliphatic rings. The molecule has 3 aromatic rings. The largest absolute Gasteiger partial charge is 0.339 e. The van der Waals surface area contributed by atoms with Crippen LogP contribution in [0.15, 0.2) is 53.0 Å². The number of hydrogen-bond acceptors (Lipinski definition) is 4. The van der Waals surface area contributed by atoms with Crippen molar-refractivity contribution in [3.63, 3.8) is 0 Å². The first kappa shape index (κ1) is 15.4. The number of urea groups is 1. The van der Waals surface area contributed by atoms with Crippen LogP contribution < -0.4 is 16.2 Å². The second-order valence-electron chi connectivity index (χ2n) is 4.53. The molecule has 3 rings (SSSR count). The molecule has 0 saturated carbocycles. The minimum Gasteiger partial charge on any atom is -0.282 e. The number of halogens is 1.